The Morgan fingerprint density at radius 2 is 2.17 bits per heavy atom. The highest BCUT2D eigenvalue weighted by Crippen LogP contribution is 2.18. The van der Waals surface area contributed by atoms with Gasteiger partial charge >= 0.3 is 0 Å². The van der Waals surface area contributed by atoms with Crippen molar-refractivity contribution in [1.29, 1.82) is 0 Å². The molecule has 0 aromatic rings. The van der Waals surface area contributed by atoms with Crippen LogP contribution < -0.4 is 0 Å². The van der Waals surface area contributed by atoms with Gasteiger partial charge in [0.05, 0.1) is 6.10 Å². The zero-order valence-electron chi connectivity index (χ0n) is 8.26. The minimum atomic E-state index is 0.408. The van der Waals surface area contributed by atoms with E-state index in [0.717, 1.165) is 19.4 Å². The van der Waals surface area contributed by atoms with Crippen LogP contribution in [0.1, 0.15) is 33.6 Å². The van der Waals surface area contributed by atoms with E-state index < -0.39 is 0 Å². The van der Waals surface area contributed by atoms with Gasteiger partial charge < -0.3 is 4.74 Å². The maximum atomic E-state index is 5.45. The van der Waals surface area contributed by atoms with Crippen LogP contribution in [0.3, 0.4) is 0 Å². The fourth-order valence-corrected chi connectivity index (χ4v) is 1.41. The Bertz CT molecular complexity index is 185. The third-order valence-corrected chi connectivity index (χ3v) is 2.06. The summed E-state index contributed by atoms with van der Waals surface area (Å²) < 4.78 is 5.45. The summed E-state index contributed by atoms with van der Waals surface area (Å²) in [6, 6.07) is 0. The van der Waals surface area contributed by atoms with Crippen LogP contribution >= 0.6 is 0 Å². The molecule has 0 aromatic carbocycles. The van der Waals surface area contributed by atoms with Gasteiger partial charge in [-0.05, 0) is 19.8 Å². The van der Waals surface area contributed by atoms with Crippen LogP contribution in [0.25, 0.3) is 0 Å². The summed E-state index contributed by atoms with van der Waals surface area (Å²) in [5, 5.41) is 0. The summed E-state index contributed by atoms with van der Waals surface area (Å²) in [5.74, 6) is 7.63. The van der Waals surface area contributed by atoms with E-state index in [-0.39, 0.29) is 0 Å². The molecule has 1 nitrogen and oxygen atoms in total. The fraction of sp³-hybridized carbons (Fsp3) is 0.818. The zero-order chi connectivity index (χ0) is 8.97. The molecule has 0 unspecified atom stereocenters. The highest BCUT2D eigenvalue weighted by atomic mass is 16.5. The molecule has 0 spiro atoms. The van der Waals surface area contributed by atoms with Crippen molar-refractivity contribution in [3.8, 4) is 11.8 Å². The van der Waals surface area contributed by atoms with E-state index in [1.165, 1.54) is 0 Å². The average Bonchev–Trinajstić information content (AvgIpc) is 2.01. The molecule has 0 aliphatic carbocycles. The lowest BCUT2D eigenvalue weighted by molar-refractivity contribution is 0.0144. The van der Waals surface area contributed by atoms with Gasteiger partial charge in [0.15, 0.2) is 0 Å². The van der Waals surface area contributed by atoms with Crippen molar-refractivity contribution in [2.24, 2.45) is 11.8 Å². The number of hydrogen-bond donors (Lipinski definition) is 0. The molecule has 0 radical (unpaired) electrons. The van der Waals surface area contributed by atoms with Gasteiger partial charge in [0.1, 0.15) is 0 Å². The van der Waals surface area contributed by atoms with Crippen molar-refractivity contribution >= 4 is 0 Å². The molecule has 1 heterocycles. The van der Waals surface area contributed by atoms with E-state index >= 15 is 0 Å². The maximum absolute atomic E-state index is 5.45. The molecule has 1 saturated heterocycles. The van der Waals surface area contributed by atoms with Crippen LogP contribution in [0.4, 0.5) is 0 Å². The van der Waals surface area contributed by atoms with Gasteiger partial charge in [0.25, 0.3) is 0 Å². The van der Waals surface area contributed by atoms with Crippen molar-refractivity contribution in [1.82, 2.24) is 0 Å². The highest BCUT2D eigenvalue weighted by molar-refractivity contribution is 5.06. The molecular formula is C11H18O. The summed E-state index contributed by atoms with van der Waals surface area (Å²) in [4.78, 5) is 0. The molecule has 1 aliphatic heterocycles. The molecule has 0 bridgehead atoms. The quantitative estimate of drug-likeness (QED) is 0.502. The third-order valence-electron chi connectivity index (χ3n) is 2.06. The largest absolute Gasteiger partial charge is 0.378 e. The summed E-state index contributed by atoms with van der Waals surface area (Å²) in [7, 11) is 0. The van der Waals surface area contributed by atoms with Crippen LogP contribution in [0, 0.1) is 23.7 Å². The molecule has 0 N–H and O–H groups in total. The van der Waals surface area contributed by atoms with Crippen LogP contribution in [0.15, 0.2) is 0 Å². The number of hydrogen-bond acceptors (Lipinski definition) is 1. The van der Waals surface area contributed by atoms with Crippen LogP contribution in [0.2, 0.25) is 0 Å². The first-order chi connectivity index (χ1) is 5.68. The van der Waals surface area contributed by atoms with E-state index in [0.29, 0.717) is 17.9 Å². The Balaban J connectivity index is 2.38. The van der Waals surface area contributed by atoms with Gasteiger partial charge in [-0.1, -0.05) is 19.8 Å². The molecule has 1 rings (SSSR count). The number of rotatable bonds is 0. The summed E-state index contributed by atoms with van der Waals surface area (Å²) >= 11 is 0. The second-order valence-electron chi connectivity index (χ2n) is 3.85. The highest BCUT2D eigenvalue weighted by Gasteiger charge is 2.16. The third kappa shape index (κ3) is 3.28. The van der Waals surface area contributed by atoms with Crippen molar-refractivity contribution in [2.75, 3.05) is 6.61 Å². The average molecular weight is 166 g/mol. The first-order valence-electron chi connectivity index (χ1n) is 4.81. The molecular weight excluding hydrogens is 148 g/mol. The van der Waals surface area contributed by atoms with Crippen molar-refractivity contribution in [3.63, 3.8) is 0 Å². The fourth-order valence-electron chi connectivity index (χ4n) is 1.41. The van der Waals surface area contributed by atoms with E-state index in [9.17, 15) is 0 Å². The smallest absolute Gasteiger partial charge is 0.0558 e. The minimum Gasteiger partial charge on any atom is -0.378 e. The molecule has 2 atom stereocenters. The Kier molecular flexibility index (Phi) is 3.62. The second kappa shape index (κ2) is 4.52. The predicted molar refractivity (Wildman–Crippen MR) is 50.8 cm³/mol. The Morgan fingerprint density at radius 3 is 2.75 bits per heavy atom. The van der Waals surface area contributed by atoms with Crippen molar-refractivity contribution in [3.05, 3.63) is 0 Å². The van der Waals surface area contributed by atoms with E-state index in [1.807, 2.05) is 0 Å². The summed E-state index contributed by atoms with van der Waals surface area (Å²) in [5.41, 5.74) is 0. The summed E-state index contributed by atoms with van der Waals surface area (Å²) in [6.45, 7) is 7.29. The molecule has 1 aliphatic rings. The molecule has 0 aromatic heterocycles. The topological polar surface area (TPSA) is 9.23 Å². The Labute approximate surface area is 75.5 Å². The van der Waals surface area contributed by atoms with Crippen LogP contribution in [-0.4, -0.2) is 12.7 Å². The van der Waals surface area contributed by atoms with Crippen molar-refractivity contribution in [2.45, 2.75) is 39.7 Å². The van der Waals surface area contributed by atoms with Gasteiger partial charge in [0.2, 0.25) is 0 Å². The standard InChI is InChI=1S/C11H18O/c1-9(2)4-5-11-6-7-12-10(3)8-11/h9-11H,6-8H2,1-3H3/t10-,11-/m0/s1. The predicted octanol–water partition coefficient (Wildman–Crippen LogP) is 2.46. The van der Waals surface area contributed by atoms with Crippen molar-refractivity contribution < 1.29 is 4.74 Å². The zero-order valence-corrected chi connectivity index (χ0v) is 8.26. The molecule has 12 heavy (non-hydrogen) atoms. The lowest BCUT2D eigenvalue weighted by Crippen LogP contribution is -2.22. The monoisotopic (exact) mass is 166 g/mol. The summed E-state index contributed by atoms with van der Waals surface area (Å²) in [6.07, 6.45) is 2.63. The Morgan fingerprint density at radius 1 is 1.42 bits per heavy atom. The van der Waals surface area contributed by atoms with Gasteiger partial charge in [-0.25, -0.2) is 0 Å². The molecule has 68 valence electrons. The molecule has 1 fully saturated rings. The van der Waals surface area contributed by atoms with Gasteiger partial charge in [-0.3, -0.25) is 0 Å². The van der Waals surface area contributed by atoms with Gasteiger partial charge in [-0.2, -0.15) is 0 Å². The first-order valence-corrected chi connectivity index (χ1v) is 4.81. The Hall–Kier alpha value is -0.480. The normalized spacial score (nSPS) is 29.7. The number of ether oxygens (including phenoxy) is 1. The minimum absolute atomic E-state index is 0.408. The second-order valence-corrected chi connectivity index (χ2v) is 3.85. The first kappa shape index (κ1) is 9.61. The van der Waals surface area contributed by atoms with E-state index in [2.05, 4.69) is 32.6 Å². The van der Waals surface area contributed by atoms with Crippen LogP contribution in [-0.2, 0) is 4.74 Å². The maximum Gasteiger partial charge on any atom is 0.0558 e. The molecule has 0 saturated carbocycles. The lowest BCUT2D eigenvalue weighted by Gasteiger charge is -2.23. The lowest BCUT2D eigenvalue weighted by atomic mass is 9.96. The van der Waals surface area contributed by atoms with Gasteiger partial charge in [-0.15, -0.1) is 5.92 Å². The van der Waals surface area contributed by atoms with Crippen LogP contribution in [0.5, 0.6) is 0 Å². The van der Waals surface area contributed by atoms with E-state index in [4.69, 9.17) is 4.74 Å². The van der Waals surface area contributed by atoms with E-state index in [1.54, 1.807) is 0 Å². The molecule has 0 amide bonds. The van der Waals surface area contributed by atoms with Gasteiger partial charge in [0, 0.05) is 18.4 Å². The molecule has 1 heteroatoms. The SMILES string of the molecule is CC(C)C#C[C@H]1CCO[C@@H](C)C1.